The van der Waals surface area contributed by atoms with E-state index < -0.39 is 17.6 Å². The number of carbonyl (C=O) groups excluding carboxylic acids is 1. The van der Waals surface area contributed by atoms with E-state index >= 15 is 0 Å². The van der Waals surface area contributed by atoms with E-state index in [1.807, 2.05) is 18.2 Å². The highest BCUT2D eigenvalue weighted by molar-refractivity contribution is 6.04. The molecule has 198 valence electrons. The molecule has 0 spiro atoms. The summed E-state index contributed by atoms with van der Waals surface area (Å²) < 4.78 is 45.6. The highest BCUT2D eigenvalue weighted by Crippen LogP contribution is 2.37. The number of aromatic amines is 1. The third-order valence-corrected chi connectivity index (χ3v) is 5.76. The van der Waals surface area contributed by atoms with Crippen molar-refractivity contribution in [2.45, 2.75) is 19.0 Å². The number of pyridine rings is 1. The molecule has 3 N–H and O–H groups in total. The number of halogens is 3. The fourth-order valence-electron chi connectivity index (χ4n) is 3.86. The van der Waals surface area contributed by atoms with Crippen LogP contribution >= 0.6 is 0 Å². The Labute approximate surface area is 217 Å². The molecule has 0 aliphatic heterocycles. The van der Waals surface area contributed by atoms with Gasteiger partial charge in [0.1, 0.15) is 0 Å². The number of nitrogens with zero attached hydrogens (tertiary/aromatic N) is 3. The lowest BCUT2D eigenvalue weighted by atomic mass is 10.0. The van der Waals surface area contributed by atoms with Crippen LogP contribution in [0.3, 0.4) is 0 Å². The number of hydrogen-bond donors (Lipinski definition) is 3. The molecule has 0 bridgehead atoms. The number of hydrogen-bond acceptors (Lipinski definition) is 6. The van der Waals surface area contributed by atoms with E-state index in [2.05, 4.69) is 25.8 Å². The summed E-state index contributed by atoms with van der Waals surface area (Å²) in [6.45, 7) is 0. The van der Waals surface area contributed by atoms with Gasteiger partial charge in [0.2, 0.25) is 5.88 Å². The first kappa shape index (κ1) is 26.5. The fourth-order valence-corrected chi connectivity index (χ4v) is 3.86. The summed E-state index contributed by atoms with van der Waals surface area (Å²) in [5.41, 5.74) is 2.20. The number of carbonyl (C=O) groups is 1. The van der Waals surface area contributed by atoms with Crippen molar-refractivity contribution in [2.75, 3.05) is 36.7 Å². The van der Waals surface area contributed by atoms with Gasteiger partial charge in [-0.2, -0.15) is 18.3 Å². The number of amides is 1. The predicted octanol–water partition coefficient (Wildman–Crippen LogP) is 5.68. The second-order valence-electron chi connectivity index (χ2n) is 8.77. The summed E-state index contributed by atoms with van der Waals surface area (Å²) in [5.74, 6) is 0.666. The van der Waals surface area contributed by atoms with Crippen molar-refractivity contribution in [1.29, 1.82) is 0 Å². The van der Waals surface area contributed by atoms with Gasteiger partial charge in [0.25, 0.3) is 5.91 Å². The van der Waals surface area contributed by atoms with Gasteiger partial charge in [-0.1, -0.05) is 12.1 Å². The summed E-state index contributed by atoms with van der Waals surface area (Å²) >= 11 is 0. The Morgan fingerprint density at radius 2 is 1.82 bits per heavy atom. The van der Waals surface area contributed by atoms with Crippen LogP contribution in [0.5, 0.6) is 5.88 Å². The minimum absolute atomic E-state index is 0.0235. The highest BCUT2D eigenvalue weighted by atomic mass is 19.4. The predicted molar refractivity (Wildman–Crippen MR) is 140 cm³/mol. The Morgan fingerprint density at radius 3 is 2.50 bits per heavy atom. The second-order valence-corrected chi connectivity index (χ2v) is 8.77. The minimum atomic E-state index is -4.55. The molecule has 0 aliphatic carbocycles. The van der Waals surface area contributed by atoms with E-state index in [1.165, 1.54) is 31.1 Å². The lowest BCUT2D eigenvalue weighted by molar-refractivity contribution is -0.137. The Balaban J connectivity index is 1.38. The topological polar surface area (TPSA) is 95.2 Å². The molecular weight excluding hydrogens is 497 g/mol. The number of aryl methyl sites for hydroxylation is 2. The number of nitrogens with one attached hydrogen (secondary N) is 3. The maximum absolute atomic E-state index is 13.5. The second kappa shape index (κ2) is 11.2. The van der Waals surface area contributed by atoms with Crippen LogP contribution in [0, 0.1) is 0 Å². The molecule has 0 unspecified atom stereocenters. The number of aromatic nitrogens is 3. The smallest absolute Gasteiger partial charge is 0.418 e. The molecular formula is C27H27F3N6O2. The zero-order valence-corrected chi connectivity index (χ0v) is 21.1. The van der Waals surface area contributed by atoms with Crippen LogP contribution in [0.15, 0.2) is 66.9 Å². The van der Waals surface area contributed by atoms with Crippen molar-refractivity contribution < 1.29 is 22.7 Å². The lowest BCUT2D eigenvalue weighted by Crippen LogP contribution is -2.18. The average Bonchev–Trinajstić information content (AvgIpc) is 3.34. The standard InChI is InChI=1S/C27H27F3N6O2/c1-36(2)23-11-9-19(14-22(23)27(28,29)30)33-26(37)18-6-4-5-17(13-18)7-8-20-15-24(35-34-20)32-21-10-12-25(38-3)31-16-21/h4-6,9-16H,7-8H2,1-3H3,(H,33,37)(H2,32,34,35). The first-order valence-electron chi connectivity index (χ1n) is 11.7. The maximum atomic E-state index is 13.5. The minimum Gasteiger partial charge on any atom is -0.481 e. The number of alkyl halides is 3. The Bertz CT molecular complexity index is 1400. The van der Waals surface area contributed by atoms with Gasteiger partial charge < -0.3 is 20.3 Å². The van der Waals surface area contributed by atoms with Crippen LogP contribution in [0.25, 0.3) is 0 Å². The largest absolute Gasteiger partial charge is 0.481 e. The molecule has 4 rings (SSSR count). The number of rotatable bonds is 9. The molecule has 0 saturated carbocycles. The summed E-state index contributed by atoms with van der Waals surface area (Å²) in [6, 6.07) is 16.2. The van der Waals surface area contributed by atoms with E-state index in [4.69, 9.17) is 4.74 Å². The SMILES string of the molecule is COc1ccc(Nc2cc(CCc3cccc(C(=O)Nc4ccc(N(C)C)c(C(F)(F)F)c4)c3)[nH]n2)cn1. The van der Waals surface area contributed by atoms with E-state index in [0.717, 1.165) is 23.0 Å². The van der Waals surface area contributed by atoms with E-state index in [1.54, 1.807) is 37.6 Å². The van der Waals surface area contributed by atoms with E-state index in [9.17, 15) is 18.0 Å². The zero-order chi connectivity index (χ0) is 27.3. The molecule has 0 aliphatic rings. The highest BCUT2D eigenvalue weighted by Gasteiger charge is 2.34. The lowest BCUT2D eigenvalue weighted by Gasteiger charge is -2.20. The maximum Gasteiger partial charge on any atom is 0.418 e. The van der Waals surface area contributed by atoms with Crippen LogP contribution in [-0.4, -0.2) is 42.3 Å². The van der Waals surface area contributed by atoms with Crippen molar-refractivity contribution in [2.24, 2.45) is 0 Å². The molecule has 2 aromatic carbocycles. The molecule has 2 heterocycles. The van der Waals surface area contributed by atoms with Crippen LogP contribution in [0.1, 0.15) is 27.2 Å². The molecule has 0 fully saturated rings. The van der Waals surface area contributed by atoms with E-state index in [-0.39, 0.29) is 11.4 Å². The summed E-state index contributed by atoms with van der Waals surface area (Å²) in [6.07, 6.45) is -1.64. The Hall–Kier alpha value is -4.54. The normalized spacial score (nSPS) is 11.2. The van der Waals surface area contributed by atoms with Crippen molar-refractivity contribution >= 4 is 28.8 Å². The molecule has 0 atom stereocenters. The van der Waals surface area contributed by atoms with Gasteiger partial charge in [-0.05, 0) is 54.8 Å². The number of benzene rings is 2. The van der Waals surface area contributed by atoms with Crippen molar-refractivity contribution in [3.8, 4) is 5.88 Å². The van der Waals surface area contributed by atoms with Gasteiger partial charge >= 0.3 is 6.18 Å². The molecule has 8 nitrogen and oxygen atoms in total. The van der Waals surface area contributed by atoms with Crippen molar-refractivity contribution in [3.63, 3.8) is 0 Å². The first-order valence-corrected chi connectivity index (χ1v) is 11.7. The number of ether oxygens (including phenoxy) is 1. The summed E-state index contributed by atoms with van der Waals surface area (Å²) in [5, 5.41) is 13.0. The molecule has 1 amide bonds. The molecule has 38 heavy (non-hydrogen) atoms. The number of H-pyrrole nitrogens is 1. The molecule has 0 radical (unpaired) electrons. The number of anilines is 4. The van der Waals surface area contributed by atoms with Gasteiger partial charge in [-0.3, -0.25) is 9.89 Å². The quantitative estimate of drug-likeness (QED) is 0.261. The summed E-state index contributed by atoms with van der Waals surface area (Å²) in [7, 11) is 4.62. The van der Waals surface area contributed by atoms with Crippen LogP contribution in [0.4, 0.5) is 36.1 Å². The third kappa shape index (κ3) is 6.61. The Kier molecular flexibility index (Phi) is 7.85. The van der Waals surface area contributed by atoms with Gasteiger partial charge in [-0.15, -0.1) is 0 Å². The third-order valence-electron chi connectivity index (χ3n) is 5.76. The molecule has 0 saturated heterocycles. The van der Waals surface area contributed by atoms with Crippen LogP contribution in [-0.2, 0) is 19.0 Å². The zero-order valence-electron chi connectivity index (χ0n) is 21.1. The molecule has 2 aromatic heterocycles. The van der Waals surface area contributed by atoms with Gasteiger partial charge in [-0.25, -0.2) is 4.98 Å². The fraction of sp³-hybridized carbons (Fsp3) is 0.222. The number of methoxy groups -OCH3 is 1. The van der Waals surface area contributed by atoms with Crippen LogP contribution < -0.4 is 20.3 Å². The molecule has 4 aromatic rings. The molecule has 11 heteroatoms. The van der Waals surface area contributed by atoms with Gasteiger partial charge in [0.15, 0.2) is 5.82 Å². The van der Waals surface area contributed by atoms with E-state index in [0.29, 0.717) is 30.1 Å². The van der Waals surface area contributed by atoms with Crippen molar-refractivity contribution in [3.05, 3.63) is 89.2 Å². The van der Waals surface area contributed by atoms with Gasteiger partial charge in [0, 0.05) is 48.9 Å². The Morgan fingerprint density at radius 1 is 1.03 bits per heavy atom. The van der Waals surface area contributed by atoms with Gasteiger partial charge in [0.05, 0.1) is 24.6 Å². The summed E-state index contributed by atoms with van der Waals surface area (Å²) in [4.78, 5) is 18.3. The monoisotopic (exact) mass is 524 g/mol. The van der Waals surface area contributed by atoms with Crippen LogP contribution in [0.2, 0.25) is 0 Å². The first-order chi connectivity index (χ1) is 18.1. The van der Waals surface area contributed by atoms with Crippen molar-refractivity contribution in [1.82, 2.24) is 15.2 Å². The average molecular weight is 525 g/mol.